The Morgan fingerprint density at radius 2 is 1.93 bits per heavy atom. The Bertz CT molecular complexity index is 817. The molecule has 0 bridgehead atoms. The van der Waals surface area contributed by atoms with E-state index in [0.29, 0.717) is 24.5 Å². The van der Waals surface area contributed by atoms with Crippen molar-refractivity contribution in [3.05, 3.63) is 42.1 Å². The number of carbonyl (C=O) groups is 2. The fourth-order valence-corrected chi connectivity index (χ4v) is 3.35. The van der Waals surface area contributed by atoms with Gasteiger partial charge < -0.3 is 19.7 Å². The number of hydrogen-bond donors (Lipinski definition) is 1. The molecule has 0 spiro atoms. The van der Waals surface area contributed by atoms with Gasteiger partial charge in [-0.15, -0.1) is 0 Å². The third-order valence-electron chi connectivity index (χ3n) is 5.14. The standard InChI is InChI=1S/C20H24N4O4/c1-27-18(26)16-5-3-15(4-6-16)17-7-10-22-19(23-17)24-11-8-20(28-2,9-12-24)13-21-14-25/h3-7,10,14H,8-9,11-13H2,1-2H3,(H,21,25). The van der Waals surface area contributed by atoms with Crippen molar-refractivity contribution in [2.75, 3.05) is 38.8 Å². The van der Waals surface area contributed by atoms with Crippen molar-refractivity contribution in [3.63, 3.8) is 0 Å². The number of nitrogens with one attached hydrogen (secondary N) is 1. The molecular formula is C20H24N4O4. The minimum Gasteiger partial charge on any atom is -0.465 e. The summed E-state index contributed by atoms with van der Waals surface area (Å²) in [5.74, 6) is 0.288. The van der Waals surface area contributed by atoms with Gasteiger partial charge >= 0.3 is 5.97 Å². The molecule has 1 fully saturated rings. The van der Waals surface area contributed by atoms with Crippen LogP contribution in [0.25, 0.3) is 11.3 Å². The smallest absolute Gasteiger partial charge is 0.337 e. The minimum absolute atomic E-state index is 0.348. The van der Waals surface area contributed by atoms with Gasteiger partial charge in [-0.2, -0.15) is 0 Å². The van der Waals surface area contributed by atoms with Crippen LogP contribution in [0.5, 0.6) is 0 Å². The number of nitrogens with zero attached hydrogens (tertiary/aromatic N) is 3. The molecule has 0 aliphatic carbocycles. The van der Waals surface area contributed by atoms with Gasteiger partial charge in [0.25, 0.3) is 0 Å². The summed E-state index contributed by atoms with van der Waals surface area (Å²) < 4.78 is 10.4. The van der Waals surface area contributed by atoms with Crippen molar-refractivity contribution < 1.29 is 19.1 Å². The molecule has 3 rings (SSSR count). The van der Waals surface area contributed by atoms with E-state index in [4.69, 9.17) is 9.47 Å². The number of rotatable bonds is 7. The summed E-state index contributed by atoms with van der Waals surface area (Å²) in [5, 5.41) is 2.72. The molecule has 0 unspecified atom stereocenters. The first-order chi connectivity index (χ1) is 13.6. The number of aromatic nitrogens is 2. The number of methoxy groups -OCH3 is 2. The van der Waals surface area contributed by atoms with Gasteiger partial charge in [-0.1, -0.05) is 12.1 Å². The Labute approximate surface area is 163 Å². The molecule has 1 saturated heterocycles. The first kappa shape index (κ1) is 19.8. The number of piperidine rings is 1. The lowest BCUT2D eigenvalue weighted by atomic mass is 9.91. The molecule has 8 heteroatoms. The number of anilines is 1. The van der Waals surface area contributed by atoms with Gasteiger partial charge in [0, 0.05) is 38.5 Å². The first-order valence-electron chi connectivity index (χ1n) is 9.10. The third kappa shape index (κ3) is 4.28. The fraction of sp³-hybridized carbons (Fsp3) is 0.400. The van der Waals surface area contributed by atoms with E-state index in [9.17, 15) is 9.59 Å². The maximum atomic E-state index is 11.6. The normalized spacial score (nSPS) is 15.7. The lowest BCUT2D eigenvalue weighted by Crippen LogP contribution is -2.51. The van der Waals surface area contributed by atoms with E-state index >= 15 is 0 Å². The van der Waals surface area contributed by atoms with Gasteiger partial charge in [0.05, 0.1) is 24.0 Å². The Balaban J connectivity index is 1.72. The summed E-state index contributed by atoms with van der Waals surface area (Å²) >= 11 is 0. The lowest BCUT2D eigenvalue weighted by Gasteiger charge is -2.40. The van der Waals surface area contributed by atoms with Crippen molar-refractivity contribution in [2.45, 2.75) is 18.4 Å². The Morgan fingerprint density at radius 3 is 2.54 bits per heavy atom. The van der Waals surface area contributed by atoms with E-state index in [2.05, 4.69) is 20.2 Å². The van der Waals surface area contributed by atoms with E-state index in [1.165, 1.54) is 7.11 Å². The number of benzene rings is 1. The van der Waals surface area contributed by atoms with Gasteiger partial charge in [-0.3, -0.25) is 4.79 Å². The second-order valence-corrected chi connectivity index (χ2v) is 6.68. The molecule has 2 aromatic rings. The van der Waals surface area contributed by atoms with Gasteiger partial charge in [0.1, 0.15) is 0 Å². The molecule has 1 aromatic heterocycles. The number of esters is 1. The molecule has 0 radical (unpaired) electrons. The number of amides is 1. The highest BCUT2D eigenvalue weighted by molar-refractivity contribution is 5.89. The Kier molecular flexibility index (Phi) is 6.20. The zero-order valence-electron chi connectivity index (χ0n) is 16.1. The predicted octanol–water partition coefficient (Wildman–Crippen LogP) is 1.66. The Hall–Kier alpha value is -3.00. The minimum atomic E-state index is -0.367. The number of ether oxygens (including phenoxy) is 2. The maximum absolute atomic E-state index is 11.6. The highest BCUT2D eigenvalue weighted by atomic mass is 16.5. The SMILES string of the molecule is COC(=O)c1ccc(-c2ccnc(N3CCC(CNC=O)(OC)CC3)n2)cc1. The van der Waals surface area contributed by atoms with E-state index in [1.807, 2.05) is 18.2 Å². The quantitative estimate of drug-likeness (QED) is 0.573. The van der Waals surface area contributed by atoms with E-state index in [-0.39, 0.29) is 11.6 Å². The van der Waals surface area contributed by atoms with E-state index < -0.39 is 0 Å². The summed E-state index contributed by atoms with van der Waals surface area (Å²) in [6.45, 7) is 1.96. The van der Waals surface area contributed by atoms with Crippen LogP contribution in [0.1, 0.15) is 23.2 Å². The second kappa shape index (κ2) is 8.79. The largest absolute Gasteiger partial charge is 0.465 e. The van der Waals surface area contributed by atoms with Crippen LogP contribution in [-0.4, -0.2) is 61.8 Å². The second-order valence-electron chi connectivity index (χ2n) is 6.68. The molecule has 1 aromatic carbocycles. The summed E-state index contributed by atoms with van der Waals surface area (Å²) in [7, 11) is 3.04. The first-order valence-corrected chi connectivity index (χ1v) is 9.10. The van der Waals surface area contributed by atoms with E-state index in [0.717, 1.165) is 37.2 Å². The fourth-order valence-electron chi connectivity index (χ4n) is 3.35. The van der Waals surface area contributed by atoms with Crippen LogP contribution >= 0.6 is 0 Å². The van der Waals surface area contributed by atoms with Crippen LogP contribution in [0.4, 0.5) is 5.95 Å². The zero-order chi connectivity index (χ0) is 20.0. The van der Waals surface area contributed by atoms with Gasteiger partial charge in [-0.25, -0.2) is 14.8 Å². The summed E-state index contributed by atoms with van der Waals surface area (Å²) in [4.78, 5) is 33.4. The Morgan fingerprint density at radius 1 is 1.21 bits per heavy atom. The van der Waals surface area contributed by atoms with E-state index in [1.54, 1.807) is 25.4 Å². The topological polar surface area (TPSA) is 93.7 Å². The van der Waals surface area contributed by atoms with Gasteiger partial charge in [-0.05, 0) is 31.0 Å². The molecule has 1 N–H and O–H groups in total. The van der Waals surface area contributed by atoms with Crippen LogP contribution < -0.4 is 10.2 Å². The summed E-state index contributed by atoms with van der Waals surface area (Å²) in [6, 6.07) is 8.97. The molecule has 8 nitrogen and oxygen atoms in total. The molecule has 0 atom stereocenters. The van der Waals surface area contributed by atoms with Crippen LogP contribution in [-0.2, 0) is 14.3 Å². The van der Waals surface area contributed by atoms with Crippen LogP contribution in [0.15, 0.2) is 36.5 Å². The molecular weight excluding hydrogens is 360 g/mol. The number of hydrogen-bond acceptors (Lipinski definition) is 7. The van der Waals surface area contributed by atoms with Crippen molar-refractivity contribution in [2.24, 2.45) is 0 Å². The molecule has 0 saturated carbocycles. The van der Waals surface area contributed by atoms with Gasteiger partial charge in [0.15, 0.2) is 0 Å². The molecule has 1 aliphatic rings. The average Bonchev–Trinajstić information content (AvgIpc) is 2.77. The van der Waals surface area contributed by atoms with Crippen molar-refractivity contribution >= 4 is 18.3 Å². The van der Waals surface area contributed by atoms with Crippen LogP contribution in [0.2, 0.25) is 0 Å². The zero-order valence-corrected chi connectivity index (χ0v) is 16.1. The van der Waals surface area contributed by atoms with Crippen molar-refractivity contribution in [3.8, 4) is 11.3 Å². The highest BCUT2D eigenvalue weighted by Crippen LogP contribution is 2.28. The van der Waals surface area contributed by atoms with Gasteiger partial charge in [0.2, 0.25) is 12.4 Å². The lowest BCUT2D eigenvalue weighted by molar-refractivity contribution is -0.111. The monoisotopic (exact) mass is 384 g/mol. The molecule has 1 aliphatic heterocycles. The van der Waals surface area contributed by atoms with Crippen molar-refractivity contribution in [1.82, 2.24) is 15.3 Å². The third-order valence-corrected chi connectivity index (χ3v) is 5.14. The average molecular weight is 384 g/mol. The predicted molar refractivity (Wildman–Crippen MR) is 104 cm³/mol. The number of carbonyl (C=O) groups excluding carboxylic acids is 2. The van der Waals surface area contributed by atoms with Crippen molar-refractivity contribution in [1.29, 1.82) is 0 Å². The highest BCUT2D eigenvalue weighted by Gasteiger charge is 2.35. The molecule has 28 heavy (non-hydrogen) atoms. The summed E-state index contributed by atoms with van der Waals surface area (Å²) in [6.07, 6.45) is 3.97. The molecule has 148 valence electrons. The van der Waals surface area contributed by atoms with Crippen LogP contribution in [0, 0.1) is 0 Å². The molecule has 2 heterocycles. The summed E-state index contributed by atoms with van der Waals surface area (Å²) in [5.41, 5.74) is 1.83. The maximum Gasteiger partial charge on any atom is 0.337 e. The molecule has 1 amide bonds. The van der Waals surface area contributed by atoms with Crippen LogP contribution in [0.3, 0.4) is 0 Å².